The van der Waals surface area contributed by atoms with Crippen molar-refractivity contribution in [2.75, 3.05) is 11.9 Å². The number of anilines is 1. The molecule has 1 saturated heterocycles. The number of nitrogens with one attached hydrogen (secondary N) is 1. The van der Waals surface area contributed by atoms with Crippen LogP contribution in [-0.4, -0.2) is 27.6 Å². The van der Waals surface area contributed by atoms with Crippen LogP contribution in [0.15, 0.2) is 53.4 Å². The van der Waals surface area contributed by atoms with Gasteiger partial charge in [0.1, 0.15) is 10.1 Å². The van der Waals surface area contributed by atoms with Crippen LogP contribution in [-0.2, 0) is 9.59 Å². The number of carbonyl (C=O) groups is 2. The fourth-order valence-electron chi connectivity index (χ4n) is 2.61. The van der Waals surface area contributed by atoms with Gasteiger partial charge in [0, 0.05) is 23.7 Å². The van der Waals surface area contributed by atoms with Crippen LogP contribution in [0.4, 0.5) is 10.1 Å². The Morgan fingerprint density at radius 3 is 2.79 bits per heavy atom. The Morgan fingerprint density at radius 2 is 2.04 bits per heavy atom. The maximum Gasteiger partial charge on any atom is 0.266 e. The normalized spacial score (nSPS) is 15.4. The van der Waals surface area contributed by atoms with E-state index in [1.165, 1.54) is 34.9 Å². The lowest BCUT2D eigenvalue weighted by atomic mass is 10.2. The first-order valence-corrected chi connectivity index (χ1v) is 10.1. The molecule has 28 heavy (non-hydrogen) atoms. The van der Waals surface area contributed by atoms with Crippen molar-refractivity contribution in [3.05, 3.63) is 69.8 Å². The number of hydrogen-bond acceptors (Lipinski definition) is 4. The lowest BCUT2D eigenvalue weighted by Crippen LogP contribution is -2.29. The highest BCUT2D eigenvalue weighted by Crippen LogP contribution is 2.33. The van der Waals surface area contributed by atoms with E-state index >= 15 is 0 Å². The van der Waals surface area contributed by atoms with Gasteiger partial charge in [-0.15, -0.1) is 0 Å². The van der Waals surface area contributed by atoms with Crippen LogP contribution < -0.4 is 5.32 Å². The summed E-state index contributed by atoms with van der Waals surface area (Å²) in [6.45, 7) is 0.334. The molecule has 0 atom stereocenters. The van der Waals surface area contributed by atoms with Gasteiger partial charge in [-0.25, -0.2) is 4.39 Å². The van der Waals surface area contributed by atoms with E-state index in [0.717, 1.165) is 5.56 Å². The summed E-state index contributed by atoms with van der Waals surface area (Å²) < 4.78 is 13.6. The minimum absolute atomic E-state index is 0.192. The van der Waals surface area contributed by atoms with Gasteiger partial charge in [-0.05, 0) is 42.3 Å². The lowest BCUT2D eigenvalue weighted by molar-refractivity contribution is -0.122. The number of thiocarbonyl (C=S) groups is 1. The molecular formula is C20H16ClFN2O2S2. The molecule has 0 unspecified atom stereocenters. The Morgan fingerprint density at radius 1 is 1.25 bits per heavy atom. The molecule has 1 N–H and O–H groups in total. The second kappa shape index (κ2) is 9.32. The summed E-state index contributed by atoms with van der Waals surface area (Å²) in [5, 5.41) is 3.19. The Bertz CT molecular complexity index is 965. The molecule has 1 aliphatic heterocycles. The first-order chi connectivity index (χ1) is 13.4. The van der Waals surface area contributed by atoms with Crippen LogP contribution in [0.2, 0.25) is 5.02 Å². The quantitative estimate of drug-likeness (QED) is 0.507. The van der Waals surface area contributed by atoms with E-state index < -0.39 is 5.82 Å². The van der Waals surface area contributed by atoms with Gasteiger partial charge in [-0.3, -0.25) is 14.5 Å². The van der Waals surface area contributed by atoms with Crippen molar-refractivity contribution in [1.82, 2.24) is 4.90 Å². The second-order valence-electron chi connectivity index (χ2n) is 6.02. The number of hydrogen-bond donors (Lipinski definition) is 1. The summed E-state index contributed by atoms with van der Waals surface area (Å²) in [7, 11) is 0. The summed E-state index contributed by atoms with van der Waals surface area (Å²) in [5.41, 5.74) is 1.15. The summed E-state index contributed by atoms with van der Waals surface area (Å²) in [6, 6.07) is 12.9. The third-order valence-electron chi connectivity index (χ3n) is 3.96. The largest absolute Gasteiger partial charge is 0.326 e. The molecule has 2 aromatic rings. The number of halogens is 2. The molecule has 0 spiro atoms. The summed E-state index contributed by atoms with van der Waals surface area (Å²) in [5.74, 6) is -0.858. The number of nitrogens with zero attached hydrogens (tertiary/aromatic N) is 1. The predicted octanol–water partition coefficient (Wildman–Crippen LogP) is 5.10. The zero-order valence-electron chi connectivity index (χ0n) is 14.7. The molecule has 0 saturated carbocycles. The molecule has 0 bridgehead atoms. The monoisotopic (exact) mass is 434 g/mol. The molecule has 2 aromatic carbocycles. The van der Waals surface area contributed by atoms with E-state index in [0.29, 0.717) is 32.9 Å². The molecule has 4 nitrogen and oxygen atoms in total. The van der Waals surface area contributed by atoms with Crippen molar-refractivity contribution < 1.29 is 14.0 Å². The van der Waals surface area contributed by atoms with Gasteiger partial charge in [0.25, 0.3) is 5.91 Å². The molecule has 144 valence electrons. The van der Waals surface area contributed by atoms with Gasteiger partial charge < -0.3 is 5.32 Å². The van der Waals surface area contributed by atoms with Crippen molar-refractivity contribution in [1.29, 1.82) is 0 Å². The maximum absolute atomic E-state index is 13.2. The van der Waals surface area contributed by atoms with Crippen LogP contribution in [0.1, 0.15) is 18.4 Å². The van der Waals surface area contributed by atoms with Crippen LogP contribution in [0, 0.1) is 5.82 Å². The molecule has 3 rings (SSSR count). The highest BCUT2D eigenvalue weighted by atomic mass is 35.5. The highest BCUT2D eigenvalue weighted by molar-refractivity contribution is 8.26. The second-order valence-corrected chi connectivity index (χ2v) is 8.10. The van der Waals surface area contributed by atoms with Crippen LogP contribution in [0.3, 0.4) is 0 Å². The minimum Gasteiger partial charge on any atom is -0.326 e. The molecule has 1 aliphatic rings. The van der Waals surface area contributed by atoms with Crippen LogP contribution in [0.5, 0.6) is 0 Å². The smallest absolute Gasteiger partial charge is 0.266 e. The van der Waals surface area contributed by atoms with Crippen molar-refractivity contribution in [2.45, 2.75) is 12.8 Å². The minimum atomic E-state index is -0.416. The first kappa shape index (κ1) is 20.5. The number of thioether (sulfide) groups is 1. The van der Waals surface area contributed by atoms with Crippen molar-refractivity contribution in [2.24, 2.45) is 0 Å². The molecular weight excluding hydrogens is 419 g/mol. The SMILES string of the molecule is O=C(CCCN1C(=O)C(=Cc2ccccc2Cl)SC1=S)Nc1cccc(F)c1. The van der Waals surface area contributed by atoms with Gasteiger partial charge in [-0.1, -0.05) is 59.8 Å². The van der Waals surface area contributed by atoms with E-state index in [1.54, 1.807) is 18.2 Å². The van der Waals surface area contributed by atoms with Gasteiger partial charge in [0.15, 0.2) is 0 Å². The Kier molecular flexibility index (Phi) is 6.83. The molecule has 2 amide bonds. The molecule has 0 aromatic heterocycles. The number of rotatable bonds is 6. The van der Waals surface area contributed by atoms with Crippen molar-refractivity contribution in [3.63, 3.8) is 0 Å². The molecule has 1 heterocycles. The number of benzene rings is 2. The van der Waals surface area contributed by atoms with E-state index in [-0.39, 0.29) is 18.2 Å². The van der Waals surface area contributed by atoms with Crippen LogP contribution in [0.25, 0.3) is 6.08 Å². The van der Waals surface area contributed by atoms with Crippen molar-refractivity contribution in [3.8, 4) is 0 Å². The fraction of sp³-hybridized carbons (Fsp3) is 0.150. The average Bonchev–Trinajstić information content (AvgIpc) is 2.91. The summed E-state index contributed by atoms with van der Waals surface area (Å²) in [4.78, 5) is 26.6. The van der Waals surface area contributed by atoms with E-state index in [9.17, 15) is 14.0 Å². The third-order valence-corrected chi connectivity index (χ3v) is 5.68. The summed E-state index contributed by atoms with van der Waals surface area (Å²) >= 11 is 12.6. The molecule has 1 fully saturated rings. The number of carbonyl (C=O) groups excluding carboxylic acids is 2. The zero-order valence-corrected chi connectivity index (χ0v) is 17.0. The lowest BCUT2D eigenvalue weighted by Gasteiger charge is -2.14. The Balaban J connectivity index is 1.55. The molecule has 0 aliphatic carbocycles. The standard InChI is InChI=1S/C20H16ClFN2O2S2/c21-16-8-2-1-5-13(16)11-17-19(26)24(20(27)28-17)10-4-9-18(25)23-15-7-3-6-14(22)12-15/h1-3,5-8,11-12H,4,9-10H2,(H,23,25). The molecule has 0 radical (unpaired) electrons. The van der Waals surface area contributed by atoms with E-state index in [4.69, 9.17) is 23.8 Å². The average molecular weight is 435 g/mol. The zero-order chi connectivity index (χ0) is 20.1. The topological polar surface area (TPSA) is 49.4 Å². The highest BCUT2D eigenvalue weighted by Gasteiger charge is 2.31. The molecule has 8 heteroatoms. The third kappa shape index (κ3) is 5.19. The van der Waals surface area contributed by atoms with Crippen molar-refractivity contribution >= 4 is 63.5 Å². The van der Waals surface area contributed by atoms with E-state index in [2.05, 4.69) is 5.32 Å². The fourth-order valence-corrected chi connectivity index (χ4v) is 4.10. The van der Waals surface area contributed by atoms with Crippen LogP contribution >= 0.6 is 35.6 Å². The Labute approximate surface area is 176 Å². The van der Waals surface area contributed by atoms with Gasteiger partial charge in [0.05, 0.1) is 4.91 Å². The van der Waals surface area contributed by atoms with Gasteiger partial charge in [0.2, 0.25) is 5.91 Å². The van der Waals surface area contributed by atoms with Gasteiger partial charge in [-0.2, -0.15) is 0 Å². The number of amides is 2. The maximum atomic E-state index is 13.2. The van der Waals surface area contributed by atoms with E-state index in [1.807, 2.05) is 18.2 Å². The Hall–Kier alpha value is -2.22. The van der Waals surface area contributed by atoms with Gasteiger partial charge >= 0.3 is 0 Å². The first-order valence-electron chi connectivity index (χ1n) is 8.49. The summed E-state index contributed by atoms with van der Waals surface area (Å²) in [6.07, 6.45) is 2.35. The predicted molar refractivity (Wildman–Crippen MR) is 116 cm³/mol.